The van der Waals surface area contributed by atoms with Gasteiger partial charge in [0.05, 0.1) is 18.2 Å². The molecular weight excluding hydrogens is 276 g/mol. The van der Waals surface area contributed by atoms with Crippen molar-refractivity contribution in [3.63, 3.8) is 0 Å². The molecule has 1 amide bonds. The predicted octanol–water partition coefficient (Wildman–Crippen LogP) is 1.61. The maximum atomic E-state index is 12.3. The van der Waals surface area contributed by atoms with Gasteiger partial charge in [0.15, 0.2) is 0 Å². The van der Waals surface area contributed by atoms with E-state index in [0.29, 0.717) is 19.5 Å². The highest BCUT2D eigenvalue weighted by atomic mass is 35.5. The second kappa shape index (κ2) is 7.62. The molecule has 2 N–H and O–H groups in total. The minimum Gasteiger partial charge on any atom is -0.372 e. The number of benzene rings is 1. The summed E-state index contributed by atoms with van der Waals surface area (Å²) in [5.74, 6) is 0.0193. The molecule has 0 aliphatic carbocycles. The lowest BCUT2D eigenvalue weighted by Gasteiger charge is -2.36. The molecule has 1 fully saturated rings. The fourth-order valence-corrected chi connectivity index (χ4v) is 2.55. The van der Waals surface area contributed by atoms with Gasteiger partial charge < -0.3 is 15.4 Å². The highest BCUT2D eigenvalue weighted by Gasteiger charge is 2.28. The van der Waals surface area contributed by atoms with Crippen LogP contribution >= 0.6 is 12.4 Å². The molecule has 5 heteroatoms. The summed E-state index contributed by atoms with van der Waals surface area (Å²) in [5.41, 5.74) is 7.13. The van der Waals surface area contributed by atoms with E-state index in [1.807, 2.05) is 49.1 Å². The standard InChI is InChI=1S/C15H22N2O2.ClH/c1-11-9-17(10-12(2)19-11)15(18)14(16)8-13-6-4-3-5-7-13;/h3-7,11-12,14H,8-10,16H2,1-2H3;1H/t11-,12+,14?;. The second-order valence-corrected chi connectivity index (χ2v) is 5.30. The zero-order valence-electron chi connectivity index (χ0n) is 12.0. The van der Waals surface area contributed by atoms with Gasteiger partial charge in [-0.1, -0.05) is 30.3 Å². The molecule has 20 heavy (non-hydrogen) atoms. The zero-order chi connectivity index (χ0) is 13.8. The van der Waals surface area contributed by atoms with Crippen LogP contribution in [-0.4, -0.2) is 42.1 Å². The van der Waals surface area contributed by atoms with E-state index in [0.717, 1.165) is 5.56 Å². The lowest BCUT2D eigenvalue weighted by Crippen LogP contribution is -2.53. The average Bonchev–Trinajstić information content (AvgIpc) is 2.37. The molecule has 112 valence electrons. The first-order valence-electron chi connectivity index (χ1n) is 6.80. The van der Waals surface area contributed by atoms with Crippen molar-refractivity contribution in [1.29, 1.82) is 0 Å². The van der Waals surface area contributed by atoms with Crippen LogP contribution < -0.4 is 5.73 Å². The van der Waals surface area contributed by atoms with Gasteiger partial charge >= 0.3 is 0 Å². The topological polar surface area (TPSA) is 55.6 Å². The molecule has 0 bridgehead atoms. The third-order valence-electron chi connectivity index (χ3n) is 3.35. The Bertz CT molecular complexity index is 417. The molecule has 1 saturated heterocycles. The van der Waals surface area contributed by atoms with Crippen LogP contribution in [-0.2, 0) is 16.0 Å². The number of carbonyl (C=O) groups is 1. The lowest BCUT2D eigenvalue weighted by atomic mass is 10.0. The minimum atomic E-state index is -0.472. The lowest BCUT2D eigenvalue weighted by molar-refractivity contribution is -0.144. The summed E-state index contributed by atoms with van der Waals surface area (Å²) < 4.78 is 5.63. The quantitative estimate of drug-likeness (QED) is 0.922. The van der Waals surface area contributed by atoms with E-state index < -0.39 is 6.04 Å². The number of hydrogen-bond donors (Lipinski definition) is 1. The SMILES string of the molecule is C[C@@H]1CN(C(=O)C(N)Cc2ccccc2)C[C@H](C)O1.Cl. The summed E-state index contributed by atoms with van der Waals surface area (Å²) in [6.45, 7) is 5.23. The van der Waals surface area contributed by atoms with E-state index in [-0.39, 0.29) is 30.5 Å². The number of halogens is 1. The van der Waals surface area contributed by atoms with Crippen molar-refractivity contribution in [3.8, 4) is 0 Å². The summed E-state index contributed by atoms with van der Waals surface area (Å²) in [6, 6.07) is 9.41. The molecule has 1 aromatic carbocycles. The number of nitrogens with zero attached hydrogens (tertiary/aromatic N) is 1. The van der Waals surface area contributed by atoms with Gasteiger partial charge in [-0.25, -0.2) is 0 Å². The number of carbonyl (C=O) groups excluding carboxylic acids is 1. The number of ether oxygens (including phenoxy) is 1. The fourth-order valence-electron chi connectivity index (χ4n) is 2.55. The predicted molar refractivity (Wildman–Crippen MR) is 82.0 cm³/mol. The molecule has 1 unspecified atom stereocenters. The minimum absolute atomic E-state index is 0. The van der Waals surface area contributed by atoms with Crippen LogP contribution in [0.3, 0.4) is 0 Å². The van der Waals surface area contributed by atoms with Crippen LogP contribution in [0.4, 0.5) is 0 Å². The summed E-state index contributed by atoms with van der Waals surface area (Å²) in [6.07, 6.45) is 0.744. The van der Waals surface area contributed by atoms with Crippen LogP contribution in [0.5, 0.6) is 0 Å². The van der Waals surface area contributed by atoms with Gasteiger partial charge in [-0.2, -0.15) is 0 Å². The molecular formula is C15H23ClN2O2. The van der Waals surface area contributed by atoms with E-state index in [1.54, 1.807) is 0 Å². The number of amides is 1. The van der Waals surface area contributed by atoms with Gasteiger partial charge in [0.2, 0.25) is 5.91 Å². The second-order valence-electron chi connectivity index (χ2n) is 5.30. The van der Waals surface area contributed by atoms with Gasteiger partial charge in [-0.05, 0) is 25.8 Å². The van der Waals surface area contributed by atoms with E-state index in [9.17, 15) is 4.79 Å². The summed E-state index contributed by atoms with van der Waals surface area (Å²) >= 11 is 0. The average molecular weight is 299 g/mol. The molecule has 1 aliphatic heterocycles. The van der Waals surface area contributed by atoms with Crippen molar-refractivity contribution >= 4 is 18.3 Å². The third kappa shape index (κ3) is 4.47. The Hall–Kier alpha value is -1.10. The largest absolute Gasteiger partial charge is 0.372 e. The van der Waals surface area contributed by atoms with Crippen LogP contribution in [0.1, 0.15) is 19.4 Å². The van der Waals surface area contributed by atoms with Crippen molar-refractivity contribution < 1.29 is 9.53 Å². The zero-order valence-corrected chi connectivity index (χ0v) is 12.8. The first-order chi connectivity index (χ1) is 9.06. The molecule has 0 aromatic heterocycles. The Morgan fingerprint density at radius 1 is 1.30 bits per heavy atom. The number of morpholine rings is 1. The highest BCUT2D eigenvalue weighted by Crippen LogP contribution is 2.12. The Balaban J connectivity index is 0.00000200. The first-order valence-corrected chi connectivity index (χ1v) is 6.80. The van der Waals surface area contributed by atoms with Gasteiger partial charge in [0, 0.05) is 13.1 Å². The first kappa shape index (κ1) is 17.0. The molecule has 1 aliphatic rings. The molecule has 0 radical (unpaired) electrons. The Morgan fingerprint density at radius 3 is 2.40 bits per heavy atom. The number of rotatable bonds is 3. The van der Waals surface area contributed by atoms with Crippen LogP contribution in [0.2, 0.25) is 0 Å². The number of hydrogen-bond acceptors (Lipinski definition) is 3. The maximum absolute atomic E-state index is 12.3. The third-order valence-corrected chi connectivity index (χ3v) is 3.35. The van der Waals surface area contributed by atoms with Gasteiger partial charge in [0.25, 0.3) is 0 Å². The van der Waals surface area contributed by atoms with Crippen LogP contribution in [0.15, 0.2) is 30.3 Å². The van der Waals surface area contributed by atoms with Crippen LogP contribution in [0, 0.1) is 0 Å². The maximum Gasteiger partial charge on any atom is 0.240 e. The van der Waals surface area contributed by atoms with Crippen molar-refractivity contribution in [2.75, 3.05) is 13.1 Å². The Labute approximate surface area is 126 Å². The van der Waals surface area contributed by atoms with E-state index in [4.69, 9.17) is 10.5 Å². The smallest absolute Gasteiger partial charge is 0.240 e. The summed E-state index contributed by atoms with van der Waals surface area (Å²) in [7, 11) is 0. The fraction of sp³-hybridized carbons (Fsp3) is 0.533. The molecule has 1 aromatic rings. The van der Waals surface area contributed by atoms with Crippen molar-refractivity contribution in [2.24, 2.45) is 5.73 Å². The molecule has 4 nitrogen and oxygen atoms in total. The Morgan fingerprint density at radius 2 is 1.85 bits per heavy atom. The molecule has 2 rings (SSSR count). The van der Waals surface area contributed by atoms with E-state index >= 15 is 0 Å². The van der Waals surface area contributed by atoms with Crippen LogP contribution in [0.25, 0.3) is 0 Å². The molecule has 3 atom stereocenters. The summed E-state index contributed by atoms with van der Waals surface area (Å²) in [5, 5.41) is 0. The van der Waals surface area contributed by atoms with Crippen molar-refractivity contribution in [2.45, 2.75) is 38.5 Å². The van der Waals surface area contributed by atoms with Gasteiger partial charge in [-0.3, -0.25) is 4.79 Å². The van der Waals surface area contributed by atoms with E-state index in [2.05, 4.69) is 0 Å². The molecule has 1 heterocycles. The monoisotopic (exact) mass is 298 g/mol. The highest BCUT2D eigenvalue weighted by molar-refractivity contribution is 5.85. The van der Waals surface area contributed by atoms with E-state index in [1.165, 1.54) is 0 Å². The number of nitrogens with two attached hydrogens (primary N) is 1. The summed E-state index contributed by atoms with van der Waals surface area (Å²) in [4.78, 5) is 14.2. The van der Waals surface area contributed by atoms with Gasteiger partial charge in [0.1, 0.15) is 0 Å². The van der Waals surface area contributed by atoms with Crippen molar-refractivity contribution in [1.82, 2.24) is 4.90 Å². The van der Waals surface area contributed by atoms with Gasteiger partial charge in [-0.15, -0.1) is 12.4 Å². The van der Waals surface area contributed by atoms with Crippen molar-refractivity contribution in [3.05, 3.63) is 35.9 Å². The molecule has 0 saturated carbocycles. The normalized spacial score (nSPS) is 23.9. The Kier molecular flexibility index (Phi) is 6.46. The molecule has 0 spiro atoms.